The van der Waals surface area contributed by atoms with Gasteiger partial charge in [0.2, 0.25) is 0 Å². The molecule has 3 atom stereocenters. The molecule has 3 unspecified atom stereocenters. The zero-order valence-electron chi connectivity index (χ0n) is 8.79. The number of thiocarbonyl (C=S) groups is 1. The van der Waals surface area contributed by atoms with Crippen LogP contribution in [0, 0.1) is 0 Å². The molecule has 1 aliphatic heterocycles. The molecule has 13 heavy (non-hydrogen) atoms. The van der Waals surface area contributed by atoms with Crippen LogP contribution in [0.2, 0.25) is 0 Å². The highest BCUT2D eigenvalue weighted by Gasteiger charge is 2.33. The van der Waals surface area contributed by atoms with Crippen LogP contribution in [0.15, 0.2) is 0 Å². The number of nitrogens with two attached hydrogens (primary N) is 1. The van der Waals surface area contributed by atoms with E-state index in [0.717, 1.165) is 0 Å². The van der Waals surface area contributed by atoms with Crippen LogP contribution in [0.3, 0.4) is 0 Å². The zero-order chi connectivity index (χ0) is 10.0. The minimum absolute atomic E-state index is 0.262. The summed E-state index contributed by atoms with van der Waals surface area (Å²) in [6, 6.07) is 1.59. The number of hydrogen-bond donors (Lipinski definition) is 1. The van der Waals surface area contributed by atoms with Gasteiger partial charge in [0.05, 0.1) is 11.0 Å². The molecule has 1 fully saturated rings. The summed E-state index contributed by atoms with van der Waals surface area (Å²) in [5.74, 6) is 0. The fourth-order valence-corrected chi connectivity index (χ4v) is 2.47. The van der Waals surface area contributed by atoms with E-state index in [0.29, 0.717) is 17.1 Å². The van der Waals surface area contributed by atoms with Gasteiger partial charge in [-0.25, -0.2) is 0 Å². The van der Waals surface area contributed by atoms with E-state index in [1.54, 1.807) is 0 Å². The van der Waals surface area contributed by atoms with E-state index >= 15 is 0 Å². The highest BCUT2D eigenvalue weighted by atomic mass is 32.1. The first kappa shape index (κ1) is 10.9. The first-order chi connectivity index (χ1) is 6.07. The predicted molar refractivity (Wildman–Crippen MR) is 60.9 cm³/mol. The van der Waals surface area contributed by atoms with Crippen LogP contribution in [0.25, 0.3) is 0 Å². The molecule has 76 valence electrons. The second kappa shape index (κ2) is 4.38. The second-order valence-corrected chi connectivity index (χ2v) is 4.49. The SMILES string of the molecule is CCC1CCC(C)N1C(C)C(N)=S. The van der Waals surface area contributed by atoms with Crippen molar-refractivity contribution in [3.05, 3.63) is 0 Å². The van der Waals surface area contributed by atoms with E-state index in [4.69, 9.17) is 18.0 Å². The third-order valence-corrected chi connectivity index (χ3v) is 3.52. The topological polar surface area (TPSA) is 29.3 Å². The molecule has 2 nitrogen and oxygen atoms in total. The van der Waals surface area contributed by atoms with Crippen molar-refractivity contribution >= 4 is 17.2 Å². The van der Waals surface area contributed by atoms with Gasteiger partial charge >= 0.3 is 0 Å². The Balaban J connectivity index is 2.68. The Morgan fingerprint density at radius 3 is 2.69 bits per heavy atom. The number of nitrogens with zero attached hydrogens (tertiary/aromatic N) is 1. The van der Waals surface area contributed by atoms with Crippen LogP contribution in [0.5, 0.6) is 0 Å². The second-order valence-electron chi connectivity index (χ2n) is 4.01. The average molecular weight is 200 g/mol. The Kier molecular flexibility index (Phi) is 3.68. The van der Waals surface area contributed by atoms with Crippen molar-refractivity contribution in [3.63, 3.8) is 0 Å². The number of likely N-dealkylation sites (tertiary alicyclic amines) is 1. The van der Waals surface area contributed by atoms with Gasteiger partial charge in [0.1, 0.15) is 0 Å². The fourth-order valence-electron chi connectivity index (χ4n) is 2.35. The molecule has 0 saturated carbocycles. The molecule has 0 radical (unpaired) electrons. The van der Waals surface area contributed by atoms with Gasteiger partial charge in [0.25, 0.3) is 0 Å². The summed E-state index contributed by atoms with van der Waals surface area (Å²) in [5, 5.41) is 0. The number of rotatable bonds is 3. The van der Waals surface area contributed by atoms with Gasteiger partial charge in [0, 0.05) is 12.1 Å². The molecule has 0 aliphatic carbocycles. The summed E-state index contributed by atoms with van der Waals surface area (Å²) in [5.41, 5.74) is 5.68. The van der Waals surface area contributed by atoms with E-state index in [-0.39, 0.29) is 6.04 Å². The summed E-state index contributed by atoms with van der Waals surface area (Å²) in [6.45, 7) is 6.62. The summed E-state index contributed by atoms with van der Waals surface area (Å²) < 4.78 is 0. The highest BCUT2D eigenvalue weighted by molar-refractivity contribution is 7.80. The van der Waals surface area contributed by atoms with Gasteiger partial charge in [-0.05, 0) is 33.1 Å². The van der Waals surface area contributed by atoms with Gasteiger partial charge in [-0.3, -0.25) is 4.90 Å². The van der Waals surface area contributed by atoms with Crippen molar-refractivity contribution in [1.82, 2.24) is 4.90 Å². The molecule has 0 amide bonds. The van der Waals surface area contributed by atoms with Crippen LogP contribution in [0.4, 0.5) is 0 Å². The Hall–Kier alpha value is -0.150. The first-order valence-electron chi connectivity index (χ1n) is 5.14. The van der Waals surface area contributed by atoms with Crippen molar-refractivity contribution in [1.29, 1.82) is 0 Å². The molecule has 1 saturated heterocycles. The van der Waals surface area contributed by atoms with Crippen LogP contribution in [0.1, 0.15) is 40.0 Å². The molecule has 0 aromatic rings. The average Bonchev–Trinajstić information content (AvgIpc) is 2.45. The van der Waals surface area contributed by atoms with Crippen LogP contribution < -0.4 is 5.73 Å². The molecule has 0 aromatic carbocycles. The Labute approximate surface area is 86.5 Å². The standard InChI is InChI=1S/C10H20N2S/c1-4-9-6-5-7(2)12(9)8(3)10(11)13/h7-9H,4-6H2,1-3H3,(H2,11,13). The van der Waals surface area contributed by atoms with Crippen molar-refractivity contribution in [3.8, 4) is 0 Å². The van der Waals surface area contributed by atoms with E-state index in [1.165, 1.54) is 19.3 Å². The maximum Gasteiger partial charge on any atom is 0.0899 e. The van der Waals surface area contributed by atoms with Crippen LogP contribution >= 0.6 is 12.2 Å². The lowest BCUT2D eigenvalue weighted by molar-refractivity contribution is 0.180. The Morgan fingerprint density at radius 1 is 1.62 bits per heavy atom. The molecule has 2 N–H and O–H groups in total. The van der Waals surface area contributed by atoms with Crippen molar-refractivity contribution in [2.75, 3.05) is 0 Å². The molecule has 3 heteroatoms. The Bertz CT molecular complexity index is 193. The van der Waals surface area contributed by atoms with Gasteiger partial charge in [0.15, 0.2) is 0 Å². The van der Waals surface area contributed by atoms with Crippen LogP contribution in [-0.2, 0) is 0 Å². The highest BCUT2D eigenvalue weighted by Crippen LogP contribution is 2.28. The third kappa shape index (κ3) is 2.20. The van der Waals surface area contributed by atoms with E-state index in [9.17, 15) is 0 Å². The quantitative estimate of drug-likeness (QED) is 0.706. The van der Waals surface area contributed by atoms with Crippen molar-refractivity contribution < 1.29 is 0 Å². The lowest BCUT2D eigenvalue weighted by atomic mass is 10.1. The third-order valence-electron chi connectivity index (χ3n) is 3.18. The van der Waals surface area contributed by atoms with Gasteiger partial charge in [-0.2, -0.15) is 0 Å². The monoisotopic (exact) mass is 200 g/mol. The lowest BCUT2D eigenvalue weighted by Crippen LogP contribution is -2.47. The summed E-state index contributed by atoms with van der Waals surface area (Å²) in [6.07, 6.45) is 3.79. The van der Waals surface area contributed by atoms with Crippen LogP contribution in [-0.4, -0.2) is 28.0 Å². The van der Waals surface area contributed by atoms with Gasteiger partial charge in [-0.15, -0.1) is 0 Å². The maximum absolute atomic E-state index is 5.68. The molecule has 0 aromatic heterocycles. The summed E-state index contributed by atoms with van der Waals surface area (Å²) in [7, 11) is 0. The minimum atomic E-state index is 0.262. The summed E-state index contributed by atoms with van der Waals surface area (Å²) >= 11 is 5.04. The molecule has 1 aliphatic rings. The molecular formula is C10H20N2S. The molecule has 0 bridgehead atoms. The van der Waals surface area contributed by atoms with Gasteiger partial charge in [-0.1, -0.05) is 19.1 Å². The van der Waals surface area contributed by atoms with Gasteiger partial charge < -0.3 is 5.73 Å². The Morgan fingerprint density at radius 2 is 2.23 bits per heavy atom. The number of hydrogen-bond acceptors (Lipinski definition) is 2. The first-order valence-corrected chi connectivity index (χ1v) is 5.55. The van der Waals surface area contributed by atoms with E-state index in [2.05, 4.69) is 25.7 Å². The fraction of sp³-hybridized carbons (Fsp3) is 0.900. The molecule has 1 rings (SSSR count). The molecule has 0 spiro atoms. The maximum atomic E-state index is 5.68. The smallest absolute Gasteiger partial charge is 0.0899 e. The van der Waals surface area contributed by atoms with E-state index in [1.807, 2.05) is 0 Å². The van der Waals surface area contributed by atoms with Crippen molar-refractivity contribution in [2.45, 2.75) is 58.2 Å². The normalized spacial score (nSPS) is 31.9. The van der Waals surface area contributed by atoms with E-state index < -0.39 is 0 Å². The largest absolute Gasteiger partial charge is 0.392 e. The lowest BCUT2D eigenvalue weighted by Gasteiger charge is -2.33. The van der Waals surface area contributed by atoms with Crippen molar-refractivity contribution in [2.24, 2.45) is 5.73 Å². The minimum Gasteiger partial charge on any atom is -0.392 e. The molecular weight excluding hydrogens is 180 g/mol. The summed E-state index contributed by atoms with van der Waals surface area (Å²) in [4.78, 5) is 3.11. The molecule has 1 heterocycles. The zero-order valence-corrected chi connectivity index (χ0v) is 9.60. The predicted octanol–water partition coefficient (Wildman–Crippen LogP) is 1.92.